The molecule has 0 aliphatic heterocycles. The van der Waals surface area contributed by atoms with E-state index in [1.165, 1.54) is 16.8 Å². The van der Waals surface area contributed by atoms with Crippen LogP contribution < -0.4 is 0 Å². The fourth-order valence-corrected chi connectivity index (χ4v) is 4.44. The summed E-state index contributed by atoms with van der Waals surface area (Å²) in [5.41, 5.74) is 8.94. The number of aromatic amines is 2. The zero-order valence-electron chi connectivity index (χ0n) is 20.6. The van der Waals surface area contributed by atoms with Gasteiger partial charge in [-0.1, -0.05) is 48.5 Å². The fraction of sp³-hybridized carbons (Fsp3) is 0.444. The highest BCUT2D eigenvalue weighted by atomic mass is 15.1. The second kappa shape index (κ2) is 8.19. The molecule has 4 heterocycles. The van der Waals surface area contributed by atoms with E-state index in [9.17, 15) is 0 Å². The quantitative estimate of drug-likeness (QED) is 0.361. The Bertz CT molecular complexity index is 1250. The smallest absolute Gasteiger partial charge is 0.111 e. The molecule has 0 aliphatic carbocycles. The second-order valence-corrected chi connectivity index (χ2v) is 10.6. The maximum Gasteiger partial charge on any atom is 0.111 e. The molecule has 0 fully saturated rings. The molecule has 0 unspecified atom stereocenters. The Hall–Kier alpha value is -2.95. The third-order valence-electron chi connectivity index (χ3n) is 6.07. The first-order valence-electron chi connectivity index (χ1n) is 11.6. The molecule has 0 amide bonds. The van der Waals surface area contributed by atoms with Crippen molar-refractivity contribution < 1.29 is 0 Å². The van der Waals surface area contributed by atoms with E-state index in [2.05, 4.69) is 87.7 Å². The number of H-pyrrole nitrogens is 2. The van der Waals surface area contributed by atoms with E-state index >= 15 is 0 Å². The van der Waals surface area contributed by atoms with Gasteiger partial charge in [-0.05, 0) is 54.5 Å². The molecule has 168 valence electrons. The van der Waals surface area contributed by atoms with E-state index in [0.717, 1.165) is 45.7 Å². The van der Waals surface area contributed by atoms with Gasteiger partial charge < -0.3 is 4.98 Å². The van der Waals surface area contributed by atoms with Crippen molar-refractivity contribution in [1.82, 2.24) is 25.1 Å². The number of fused-ring (bicyclic) bond motifs is 1. The standard InChI is InChI=1S/C27H35N5/c1-15(2)11-20-17(5)29-26(24(20)16(3)4)21-12-18-14-28-10-9-19(18)25(30-21)22-13-23(32-31-22)27(6,7)8/h9-10,12-16,29H,11H2,1-8H3,(H,31,32). The van der Waals surface area contributed by atoms with Gasteiger partial charge in [0, 0.05) is 40.0 Å². The van der Waals surface area contributed by atoms with Crippen molar-refractivity contribution in [3.05, 3.63) is 53.1 Å². The van der Waals surface area contributed by atoms with Gasteiger partial charge in [0.2, 0.25) is 0 Å². The molecule has 5 heteroatoms. The minimum Gasteiger partial charge on any atom is -0.357 e. The van der Waals surface area contributed by atoms with Crippen molar-refractivity contribution in [3.8, 4) is 22.8 Å². The third kappa shape index (κ3) is 4.08. The summed E-state index contributed by atoms with van der Waals surface area (Å²) in [6.45, 7) is 17.8. The highest BCUT2D eigenvalue weighted by Crippen LogP contribution is 2.37. The summed E-state index contributed by atoms with van der Waals surface area (Å²) in [6, 6.07) is 6.30. The highest BCUT2D eigenvalue weighted by Gasteiger charge is 2.23. The Balaban J connectivity index is 1.95. The lowest BCUT2D eigenvalue weighted by Crippen LogP contribution is -2.11. The van der Waals surface area contributed by atoms with E-state index in [4.69, 9.17) is 4.98 Å². The molecule has 0 bridgehead atoms. The number of aromatic nitrogens is 5. The summed E-state index contributed by atoms with van der Waals surface area (Å²) in [6.07, 6.45) is 4.80. The first-order chi connectivity index (χ1) is 15.1. The lowest BCUT2D eigenvalue weighted by atomic mass is 9.91. The third-order valence-corrected chi connectivity index (χ3v) is 6.07. The van der Waals surface area contributed by atoms with Gasteiger partial charge >= 0.3 is 0 Å². The maximum atomic E-state index is 5.17. The second-order valence-electron chi connectivity index (χ2n) is 10.6. The summed E-state index contributed by atoms with van der Waals surface area (Å²) in [5, 5.41) is 9.99. The minimum absolute atomic E-state index is 0.00660. The van der Waals surface area contributed by atoms with Crippen molar-refractivity contribution in [2.45, 2.75) is 73.1 Å². The van der Waals surface area contributed by atoms with Crippen molar-refractivity contribution in [2.24, 2.45) is 5.92 Å². The Labute approximate surface area is 191 Å². The van der Waals surface area contributed by atoms with Gasteiger partial charge in [-0.15, -0.1) is 0 Å². The molecule has 0 radical (unpaired) electrons. The Morgan fingerprint density at radius 3 is 2.41 bits per heavy atom. The molecule has 0 atom stereocenters. The number of rotatable bonds is 5. The lowest BCUT2D eigenvalue weighted by molar-refractivity contribution is 0.567. The van der Waals surface area contributed by atoms with E-state index < -0.39 is 0 Å². The molecule has 32 heavy (non-hydrogen) atoms. The average molecular weight is 430 g/mol. The van der Waals surface area contributed by atoms with Crippen molar-refractivity contribution in [2.75, 3.05) is 0 Å². The number of nitrogens with one attached hydrogen (secondary N) is 2. The zero-order valence-corrected chi connectivity index (χ0v) is 20.6. The van der Waals surface area contributed by atoms with Crippen LogP contribution in [-0.4, -0.2) is 25.1 Å². The van der Waals surface area contributed by atoms with Gasteiger partial charge in [-0.3, -0.25) is 10.1 Å². The molecule has 0 saturated heterocycles. The first kappa shape index (κ1) is 22.3. The van der Waals surface area contributed by atoms with Crippen molar-refractivity contribution >= 4 is 10.8 Å². The van der Waals surface area contributed by atoms with Crippen LogP contribution in [0.4, 0.5) is 0 Å². The van der Waals surface area contributed by atoms with Gasteiger partial charge in [0.1, 0.15) is 5.69 Å². The molecular formula is C27H35N5. The summed E-state index contributed by atoms with van der Waals surface area (Å²) in [5.74, 6) is 0.996. The highest BCUT2D eigenvalue weighted by molar-refractivity contribution is 5.95. The maximum absolute atomic E-state index is 5.17. The molecule has 4 aromatic heterocycles. The van der Waals surface area contributed by atoms with E-state index in [-0.39, 0.29) is 5.41 Å². The molecule has 0 aromatic carbocycles. The van der Waals surface area contributed by atoms with Crippen LogP contribution in [0.2, 0.25) is 0 Å². The predicted octanol–water partition coefficient (Wildman–Crippen LogP) is 6.94. The largest absolute Gasteiger partial charge is 0.357 e. The van der Waals surface area contributed by atoms with Gasteiger partial charge in [-0.2, -0.15) is 5.10 Å². The Morgan fingerprint density at radius 2 is 1.78 bits per heavy atom. The van der Waals surface area contributed by atoms with Gasteiger partial charge in [-0.25, -0.2) is 4.98 Å². The summed E-state index contributed by atoms with van der Waals surface area (Å²) in [7, 11) is 0. The van der Waals surface area contributed by atoms with Gasteiger partial charge in [0.15, 0.2) is 0 Å². The van der Waals surface area contributed by atoms with Crippen LogP contribution in [0.15, 0.2) is 30.6 Å². The average Bonchev–Trinajstić information content (AvgIpc) is 3.32. The molecular weight excluding hydrogens is 394 g/mol. The van der Waals surface area contributed by atoms with Crippen LogP contribution >= 0.6 is 0 Å². The number of aryl methyl sites for hydroxylation is 1. The number of hydrogen-bond donors (Lipinski definition) is 2. The first-order valence-corrected chi connectivity index (χ1v) is 11.6. The molecule has 0 spiro atoms. The molecule has 0 aliphatic rings. The lowest BCUT2D eigenvalue weighted by Gasteiger charge is -2.15. The number of nitrogens with zero attached hydrogens (tertiary/aromatic N) is 3. The molecule has 5 nitrogen and oxygen atoms in total. The van der Waals surface area contributed by atoms with Gasteiger partial charge in [0.25, 0.3) is 0 Å². The topological polar surface area (TPSA) is 70.2 Å². The normalized spacial score (nSPS) is 12.4. The number of pyridine rings is 2. The predicted molar refractivity (Wildman–Crippen MR) is 133 cm³/mol. The van der Waals surface area contributed by atoms with Crippen LogP contribution in [0.1, 0.15) is 76.9 Å². The van der Waals surface area contributed by atoms with Gasteiger partial charge in [0.05, 0.1) is 17.1 Å². The molecule has 4 aromatic rings. The Morgan fingerprint density at radius 1 is 1.03 bits per heavy atom. The van der Waals surface area contributed by atoms with Crippen LogP contribution in [0.5, 0.6) is 0 Å². The zero-order chi connectivity index (χ0) is 23.2. The van der Waals surface area contributed by atoms with Crippen LogP contribution in [0.25, 0.3) is 33.5 Å². The van der Waals surface area contributed by atoms with Crippen molar-refractivity contribution in [1.29, 1.82) is 0 Å². The van der Waals surface area contributed by atoms with E-state index in [1.54, 1.807) is 0 Å². The Kier molecular flexibility index (Phi) is 5.70. The summed E-state index contributed by atoms with van der Waals surface area (Å²) >= 11 is 0. The van der Waals surface area contributed by atoms with Crippen LogP contribution in [-0.2, 0) is 11.8 Å². The van der Waals surface area contributed by atoms with E-state index in [1.807, 2.05) is 18.5 Å². The molecule has 4 rings (SSSR count). The molecule has 2 N–H and O–H groups in total. The van der Waals surface area contributed by atoms with E-state index in [0.29, 0.717) is 11.8 Å². The summed E-state index contributed by atoms with van der Waals surface area (Å²) in [4.78, 5) is 13.2. The fourth-order valence-electron chi connectivity index (χ4n) is 4.44. The monoisotopic (exact) mass is 429 g/mol. The van der Waals surface area contributed by atoms with Crippen LogP contribution in [0, 0.1) is 12.8 Å². The van der Waals surface area contributed by atoms with Crippen molar-refractivity contribution in [3.63, 3.8) is 0 Å². The SMILES string of the molecule is Cc1[nH]c(-c2cc3cnccc3c(-c3cc(C(C)(C)C)[nH]n3)n2)c(C(C)C)c1CC(C)C. The number of hydrogen-bond acceptors (Lipinski definition) is 3. The van der Waals surface area contributed by atoms with Crippen LogP contribution in [0.3, 0.4) is 0 Å². The minimum atomic E-state index is -0.00660. The summed E-state index contributed by atoms with van der Waals surface area (Å²) < 4.78 is 0. The molecule has 0 saturated carbocycles.